The lowest BCUT2D eigenvalue weighted by atomic mass is 9.96. The number of benzene rings is 1. The summed E-state index contributed by atoms with van der Waals surface area (Å²) in [5.74, 6) is -1.53. The maximum Gasteiger partial charge on any atom is 0.268 e. The van der Waals surface area contributed by atoms with Crippen LogP contribution in [0.3, 0.4) is 0 Å². The largest absolute Gasteiger partial charge is 0.496 e. The summed E-state index contributed by atoms with van der Waals surface area (Å²) >= 11 is 5.64. The van der Waals surface area contributed by atoms with Crippen LogP contribution in [0.4, 0.5) is 0 Å². The van der Waals surface area contributed by atoms with E-state index in [0.29, 0.717) is 18.7 Å². The minimum absolute atomic E-state index is 0.140. The Bertz CT molecular complexity index is 990. The van der Waals surface area contributed by atoms with Crippen molar-refractivity contribution in [1.29, 1.82) is 0 Å². The molecule has 9 nitrogen and oxygen atoms in total. The van der Waals surface area contributed by atoms with Crippen molar-refractivity contribution in [2.24, 2.45) is 5.92 Å². The van der Waals surface area contributed by atoms with Gasteiger partial charge in [0.2, 0.25) is 11.8 Å². The third-order valence-corrected chi connectivity index (χ3v) is 5.30. The number of rotatable bonds is 9. The quantitative estimate of drug-likeness (QED) is 0.410. The summed E-state index contributed by atoms with van der Waals surface area (Å²) in [7, 11) is 1.54. The molecule has 1 saturated heterocycles. The number of aromatic amines is 1. The molecule has 1 aromatic heterocycles. The van der Waals surface area contributed by atoms with E-state index in [4.69, 9.17) is 16.3 Å². The summed E-state index contributed by atoms with van der Waals surface area (Å²) in [4.78, 5) is 51.5. The lowest BCUT2D eigenvalue weighted by Gasteiger charge is -2.19. The molecule has 33 heavy (non-hydrogen) atoms. The molecule has 2 unspecified atom stereocenters. The van der Waals surface area contributed by atoms with Crippen LogP contribution in [0.25, 0.3) is 10.9 Å². The van der Waals surface area contributed by atoms with Crippen molar-refractivity contribution in [1.82, 2.24) is 20.9 Å². The average molecular weight is 479 g/mol. The van der Waals surface area contributed by atoms with Gasteiger partial charge in [-0.25, -0.2) is 0 Å². The first-order valence-corrected chi connectivity index (χ1v) is 11.5. The lowest BCUT2D eigenvalue weighted by molar-refractivity contribution is -0.128. The highest BCUT2D eigenvalue weighted by molar-refractivity contribution is 6.28. The van der Waals surface area contributed by atoms with Gasteiger partial charge in [0.25, 0.3) is 5.91 Å². The Morgan fingerprint density at radius 2 is 2.00 bits per heavy atom. The number of carbonyl (C=O) groups is 4. The smallest absolute Gasteiger partial charge is 0.268 e. The first kappa shape index (κ1) is 26.2. The number of H-pyrrole nitrogens is 1. The van der Waals surface area contributed by atoms with E-state index in [-0.39, 0.29) is 42.1 Å². The molecule has 0 aliphatic carbocycles. The average Bonchev–Trinajstić information content (AvgIpc) is 3.43. The highest BCUT2D eigenvalue weighted by Crippen LogP contribution is 2.25. The number of halogens is 1. The summed E-state index contributed by atoms with van der Waals surface area (Å²) in [6, 6.07) is 6.15. The van der Waals surface area contributed by atoms with Gasteiger partial charge in [-0.3, -0.25) is 19.2 Å². The first-order chi connectivity index (χ1) is 15.8. The fourth-order valence-corrected chi connectivity index (χ4v) is 3.63. The van der Waals surface area contributed by atoms with Crippen LogP contribution in [-0.2, 0) is 14.4 Å². The number of hydrogen-bond donors (Lipinski definition) is 4. The molecule has 4 N–H and O–H groups in total. The molecule has 0 spiro atoms. The Morgan fingerprint density at radius 1 is 1.27 bits per heavy atom. The third-order valence-electron chi connectivity index (χ3n) is 5.04. The van der Waals surface area contributed by atoms with E-state index >= 15 is 0 Å². The van der Waals surface area contributed by atoms with Gasteiger partial charge < -0.3 is 25.7 Å². The maximum absolute atomic E-state index is 12.4. The van der Waals surface area contributed by atoms with E-state index in [9.17, 15) is 19.2 Å². The Morgan fingerprint density at radius 3 is 2.61 bits per heavy atom. The van der Waals surface area contributed by atoms with Gasteiger partial charge in [0, 0.05) is 23.4 Å². The second kappa shape index (κ2) is 12.8. The normalized spacial score (nSPS) is 15.8. The van der Waals surface area contributed by atoms with Gasteiger partial charge in [0.15, 0.2) is 5.78 Å². The zero-order valence-corrected chi connectivity index (χ0v) is 19.9. The van der Waals surface area contributed by atoms with E-state index in [1.807, 2.05) is 6.07 Å². The molecule has 0 radical (unpaired) electrons. The van der Waals surface area contributed by atoms with E-state index in [2.05, 4.69) is 34.8 Å². The molecule has 2 atom stereocenters. The van der Waals surface area contributed by atoms with Crippen molar-refractivity contribution >= 4 is 46.0 Å². The number of ketones is 1. The molecule has 10 heteroatoms. The summed E-state index contributed by atoms with van der Waals surface area (Å²) in [6.07, 6.45) is 2.03. The molecule has 1 aliphatic rings. The first-order valence-electron chi connectivity index (χ1n) is 10.9. The van der Waals surface area contributed by atoms with Crippen molar-refractivity contribution in [2.75, 3.05) is 26.1 Å². The Kier molecular flexibility index (Phi) is 10.2. The lowest BCUT2D eigenvalue weighted by Crippen LogP contribution is -2.47. The Labute approximate surface area is 198 Å². The number of fused-ring (bicyclic) bond motifs is 1. The molecule has 1 fully saturated rings. The molecule has 3 amide bonds. The molecule has 2 aromatic rings. The number of ether oxygens (including phenoxy) is 1. The number of amides is 3. The molecule has 0 saturated carbocycles. The molecular weight excluding hydrogens is 448 g/mol. The van der Waals surface area contributed by atoms with Crippen molar-refractivity contribution in [3.8, 4) is 5.75 Å². The van der Waals surface area contributed by atoms with Gasteiger partial charge in [-0.1, -0.05) is 26.3 Å². The molecule has 3 rings (SSSR count). The van der Waals surface area contributed by atoms with Gasteiger partial charge in [0.05, 0.1) is 25.6 Å². The van der Waals surface area contributed by atoms with Crippen LogP contribution in [0.5, 0.6) is 5.75 Å². The third kappa shape index (κ3) is 7.21. The monoisotopic (exact) mass is 478 g/mol. The molecule has 2 heterocycles. The maximum atomic E-state index is 12.4. The number of hydrogen-bond acceptors (Lipinski definition) is 5. The van der Waals surface area contributed by atoms with E-state index in [0.717, 1.165) is 10.9 Å². The standard InChI is InChI=1S/C20H23ClN4O5.C3H8/c1-30-17-4-2-3-13-12(17)8-15(24-13)20(29)23-10-18(27)25-14(16(26)9-21)7-11-5-6-22-19(11)28;1-3-2/h2-4,8,11,14,24H,5-7,9-10H2,1H3,(H,22,28)(H,23,29)(H,25,27);3H2,1-2H3. The number of methoxy groups -OCH3 is 1. The van der Waals surface area contributed by atoms with Crippen LogP contribution in [0.1, 0.15) is 43.6 Å². The summed E-state index contributed by atoms with van der Waals surface area (Å²) in [6.45, 7) is 4.47. The van der Waals surface area contributed by atoms with Crippen molar-refractivity contribution in [2.45, 2.75) is 39.2 Å². The van der Waals surface area contributed by atoms with Crippen LogP contribution in [0.2, 0.25) is 0 Å². The zero-order chi connectivity index (χ0) is 24.4. The minimum atomic E-state index is -0.877. The van der Waals surface area contributed by atoms with Gasteiger partial charge >= 0.3 is 0 Å². The predicted molar refractivity (Wildman–Crippen MR) is 127 cm³/mol. The van der Waals surface area contributed by atoms with Crippen molar-refractivity contribution in [3.63, 3.8) is 0 Å². The molecule has 180 valence electrons. The van der Waals surface area contributed by atoms with E-state index in [1.165, 1.54) is 6.42 Å². The minimum Gasteiger partial charge on any atom is -0.496 e. The van der Waals surface area contributed by atoms with Gasteiger partial charge in [-0.2, -0.15) is 0 Å². The molecule has 1 aliphatic heterocycles. The van der Waals surface area contributed by atoms with Crippen LogP contribution in [-0.4, -0.2) is 60.6 Å². The van der Waals surface area contributed by atoms with Gasteiger partial charge in [0.1, 0.15) is 11.4 Å². The topological polar surface area (TPSA) is 129 Å². The number of nitrogens with one attached hydrogen (secondary N) is 4. The van der Waals surface area contributed by atoms with E-state index in [1.54, 1.807) is 25.3 Å². The summed E-state index contributed by atoms with van der Waals surface area (Å²) in [5.41, 5.74) is 1.00. The molecular formula is C23H31ClN4O5. The second-order valence-electron chi connectivity index (χ2n) is 7.73. The number of Topliss-reactive ketones (excluding diaryl/α,β-unsaturated/α-hetero) is 1. The van der Waals surface area contributed by atoms with Crippen LogP contribution in [0, 0.1) is 5.92 Å². The van der Waals surface area contributed by atoms with Gasteiger partial charge in [-0.05, 0) is 31.0 Å². The summed E-state index contributed by atoms with van der Waals surface area (Å²) < 4.78 is 5.27. The highest BCUT2D eigenvalue weighted by atomic mass is 35.5. The SMILES string of the molecule is CCC.COc1cccc2[nH]c(C(=O)NCC(=O)NC(CC3CCNC3=O)C(=O)CCl)cc12. The second-order valence-corrected chi connectivity index (χ2v) is 7.99. The number of alkyl halides is 1. The zero-order valence-electron chi connectivity index (χ0n) is 19.1. The Hall–Kier alpha value is -3.07. The number of carbonyl (C=O) groups excluding carboxylic acids is 4. The molecule has 1 aromatic carbocycles. The predicted octanol–water partition coefficient (Wildman–Crippen LogP) is 2.14. The van der Waals surface area contributed by atoms with Crippen molar-refractivity contribution in [3.05, 3.63) is 30.0 Å². The van der Waals surface area contributed by atoms with Gasteiger partial charge in [-0.15, -0.1) is 11.6 Å². The highest BCUT2D eigenvalue weighted by Gasteiger charge is 2.30. The summed E-state index contributed by atoms with van der Waals surface area (Å²) in [5, 5.41) is 8.53. The van der Waals surface area contributed by atoms with Crippen LogP contribution in [0.15, 0.2) is 24.3 Å². The Balaban J connectivity index is 0.00000122. The van der Waals surface area contributed by atoms with Crippen LogP contribution < -0.4 is 20.7 Å². The fourth-order valence-electron chi connectivity index (χ4n) is 3.45. The van der Waals surface area contributed by atoms with Crippen LogP contribution >= 0.6 is 11.6 Å². The van der Waals surface area contributed by atoms with E-state index < -0.39 is 17.9 Å². The number of aromatic nitrogens is 1. The fraction of sp³-hybridized carbons (Fsp3) is 0.478. The molecule has 0 bridgehead atoms. The van der Waals surface area contributed by atoms with Crippen molar-refractivity contribution < 1.29 is 23.9 Å².